The largest absolute Gasteiger partial charge is 0.481 e. The third kappa shape index (κ3) is 2.28. The highest BCUT2D eigenvalue weighted by Crippen LogP contribution is 2.76. The van der Waals surface area contributed by atoms with Gasteiger partial charge >= 0.3 is 5.97 Å². The second-order valence-corrected chi connectivity index (χ2v) is 10.8. The number of Topliss-reactive ketones (excluding diaryl/α,β-unsaturated/α-hetero) is 1. The summed E-state index contributed by atoms with van der Waals surface area (Å²) in [4.78, 5) is 24.8. The molecule has 2 saturated heterocycles. The Labute approximate surface area is 182 Å². The molecule has 5 fully saturated rings. The number of allylic oxidation sites excluding steroid dienone is 1. The van der Waals surface area contributed by atoms with Gasteiger partial charge in [-0.3, -0.25) is 9.59 Å². The van der Waals surface area contributed by atoms with E-state index in [9.17, 15) is 19.8 Å². The third-order valence-electron chi connectivity index (χ3n) is 9.09. The highest BCUT2D eigenvalue weighted by atomic mass is 16.7. The number of carbonyl (C=O) groups is 2. The van der Waals surface area contributed by atoms with Crippen molar-refractivity contribution in [1.29, 1.82) is 0 Å². The number of ether oxygens (including phenoxy) is 2. The van der Waals surface area contributed by atoms with Gasteiger partial charge < -0.3 is 24.8 Å². The molecular weight excluding hydrogens is 400 g/mol. The minimum absolute atomic E-state index is 0.0188. The molecule has 0 unspecified atom stereocenters. The number of carbonyl (C=O) groups excluding carboxylic acids is 1. The monoisotopic (exact) mass is 432 g/mol. The average molecular weight is 433 g/mol. The molecule has 4 bridgehead atoms. The first-order valence-corrected chi connectivity index (χ1v) is 11.3. The molecular formula is C24H32O7. The van der Waals surface area contributed by atoms with Crippen LogP contribution in [0.4, 0.5) is 0 Å². The Bertz CT molecular complexity index is 877. The van der Waals surface area contributed by atoms with E-state index >= 15 is 0 Å². The second-order valence-electron chi connectivity index (χ2n) is 10.8. The maximum atomic E-state index is 13.8. The quantitative estimate of drug-likeness (QED) is 0.346. The summed E-state index contributed by atoms with van der Waals surface area (Å²) in [6.45, 7) is 8.57. The van der Waals surface area contributed by atoms with Crippen LogP contribution in [0.3, 0.4) is 0 Å². The number of hydrogen-bond donors (Lipinski definition) is 3. The van der Waals surface area contributed by atoms with E-state index in [4.69, 9.17) is 14.6 Å². The fraction of sp³-hybridized carbons (Fsp3) is 0.750. The molecule has 2 heterocycles. The molecule has 4 aliphatic carbocycles. The second kappa shape index (κ2) is 6.50. The summed E-state index contributed by atoms with van der Waals surface area (Å²) in [7, 11) is 0. The summed E-state index contributed by atoms with van der Waals surface area (Å²) in [6.07, 6.45) is 4.38. The van der Waals surface area contributed by atoms with Gasteiger partial charge in [0, 0.05) is 23.7 Å². The van der Waals surface area contributed by atoms with E-state index in [2.05, 4.69) is 32.6 Å². The number of aliphatic hydroxyl groups is 2. The zero-order chi connectivity index (χ0) is 22.4. The molecule has 2 spiro atoms. The molecule has 0 aromatic rings. The lowest BCUT2D eigenvalue weighted by Crippen LogP contribution is -2.83. The Morgan fingerprint density at radius 1 is 1.29 bits per heavy atom. The SMILES string of the molecule is C=C1C(=O)[C@]23[C@H](O)[C@H]1CC[C@H]2[C@]12C=CCC(C)(C)[C@H]1[C@H](O)[C@@]3(OCCCC(=O)O)OC2. The van der Waals surface area contributed by atoms with Crippen LogP contribution in [-0.4, -0.2) is 58.3 Å². The van der Waals surface area contributed by atoms with Gasteiger partial charge in [-0.2, -0.15) is 0 Å². The molecule has 0 radical (unpaired) electrons. The highest BCUT2D eigenvalue weighted by molar-refractivity contribution is 6.05. The van der Waals surface area contributed by atoms with Crippen LogP contribution >= 0.6 is 0 Å². The lowest BCUT2D eigenvalue weighted by Gasteiger charge is -2.73. The average Bonchev–Trinajstić information content (AvgIpc) is 2.81. The molecule has 170 valence electrons. The lowest BCUT2D eigenvalue weighted by atomic mass is 9.37. The van der Waals surface area contributed by atoms with Crippen LogP contribution in [0.1, 0.15) is 46.0 Å². The first-order valence-electron chi connectivity index (χ1n) is 11.3. The third-order valence-corrected chi connectivity index (χ3v) is 9.09. The molecule has 31 heavy (non-hydrogen) atoms. The minimum Gasteiger partial charge on any atom is -0.481 e. The van der Waals surface area contributed by atoms with E-state index in [0.717, 1.165) is 12.8 Å². The van der Waals surface area contributed by atoms with Crippen molar-refractivity contribution in [2.75, 3.05) is 13.2 Å². The molecule has 0 aromatic carbocycles. The zero-order valence-electron chi connectivity index (χ0n) is 18.2. The maximum absolute atomic E-state index is 13.8. The topological polar surface area (TPSA) is 113 Å². The smallest absolute Gasteiger partial charge is 0.303 e. The van der Waals surface area contributed by atoms with Crippen LogP contribution in [0, 0.1) is 34.0 Å². The van der Waals surface area contributed by atoms with E-state index in [1.165, 1.54) is 0 Å². The molecule has 3 N–H and O–H groups in total. The van der Waals surface area contributed by atoms with Gasteiger partial charge in [0.15, 0.2) is 5.78 Å². The Hall–Kier alpha value is -1.54. The predicted octanol–water partition coefficient (Wildman–Crippen LogP) is 2.07. The van der Waals surface area contributed by atoms with Crippen LogP contribution in [0.15, 0.2) is 24.3 Å². The highest BCUT2D eigenvalue weighted by Gasteiger charge is 2.86. The maximum Gasteiger partial charge on any atom is 0.303 e. The molecule has 6 rings (SSSR count). The number of carboxylic acids is 1. The summed E-state index contributed by atoms with van der Waals surface area (Å²) >= 11 is 0. The number of fused-ring (bicyclic) bond motifs is 2. The predicted molar refractivity (Wildman–Crippen MR) is 110 cm³/mol. The normalized spacial score (nSPS) is 49.1. The molecule has 7 nitrogen and oxygen atoms in total. The molecule has 0 aromatic heterocycles. The lowest BCUT2D eigenvalue weighted by molar-refractivity contribution is -0.447. The van der Waals surface area contributed by atoms with E-state index in [1.54, 1.807) is 0 Å². The van der Waals surface area contributed by atoms with E-state index in [-0.39, 0.29) is 48.4 Å². The van der Waals surface area contributed by atoms with Crippen molar-refractivity contribution in [2.45, 2.75) is 63.9 Å². The van der Waals surface area contributed by atoms with Gasteiger partial charge in [-0.05, 0) is 42.6 Å². The molecule has 7 heteroatoms. The van der Waals surface area contributed by atoms with E-state index in [0.29, 0.717) is 18.6 Å². The van der Waals surface area contributed by atoms with Gasteiger partial charge in [0.05, 0.1) is 19.3 Å². The summed E-state index contributed by atoms with van der Waals surface area (Å²) in [5, 5.41) is 32.4. The number of rotatable bonds is 5. The number of aliphatic carboxylic acids is 1. The summed E-state index contributed by atoms with van der Waals surface area (Å²) in [6, 6.07) is 0. The molecule has 0 amide bonds. The van der Waals surface area contributed by atoms with Crippen molar-refractivity contribution in [3.8, 4) is 0 Å². The van der Waals surface area contributed by atoms with Crippen LogP contribution < -0.4 is 0 Å². The molecule has 8 atom stereocenters. The first kappa shape index (κ1) is 21.3. The van der Waals surface area contributed by atoms with Gasteiger partial charge in [-0.15, -0.1) is 0 Å². The number of aliphatic hydroxyl groups excluding tert-OH is 2. The number of ketones is 1. The fourth-order valence-electron chi connectivity index (χ4n) is 8.07. The van der Waals surface area contributed by atoms with E-state index < -0.39 is 34.8 Å². The minimum atomic E-state index is -1.71. The number of hydrogen-bond acceptors (Lipinski definition) is 6. The van der Waals surface area contributed by atoms with Gasteiger partial charge in [-0.25, -0.2) is 0 Å². The van der Waals surface area contributed by atoms with Crippen LogP contribution in [0.25, 0.3) is 0 Å². The molecule has 2 aliphatic heterocycles. The van der Waals surface area contributed by atoms with Gasteiger partial charge in [0.2, 0.25) is 5.79 Å². The molecule has 3 saturated carbocycles. The fourth-order valence-corrected chi connectivity index (χ4v) is 8.07. The summed E-state index contributed by atoms with van der Waals surface area (Å²) < 4.78 is 12.6. The Morgan fingerprint density at radius 3 is 2.74 bits per heavy atom. The van der Waals surface area contributed by atoms with Gasteiger partial charge in [-0.1, -0.05) is 32.6 Å². The van der Waals surface area contributed by atoms with Crippen LogP contribution in [0.5, 0.6) is 0 Å². The van der Waals surface area contributed by atoms with Crippen molar-refractivity contribution in [1.82, 2.24) is 0 Å². The van der Waals surface area contributed by atoms with Crippen molar-refractivity contribution in [2.24, 2.45) is 34.0 Å². The Balaban J connectivity index is 1.68. The van der Waals surface area contributed by atoms with Crippen molar-refractivity contribution in [3.63, 3.8) is 0 Å². The summed E-state index contributed by atoms with van der Waals surface area (Å²) in [5.74, 6) is -3.73. The number of carboxylic acid groups (broad SMARTS) is 1. The van der Waals surface area contributed by atoms with Crippen LogP contribution in [-0.2, 0) is 19.1 Å². The zero-order valence-corrected chi connectivity index (χ0v) is 18.2. The Morgan fingerprint density at radius 2 is 2.03 bits per heavy atom. The molecule has 6 aliphatic rings. The summed E-state index contributed by atoms with van der Waals surface area (Å²) in [5.41, 5.74) is -1.86. The van der Waals surface area contributed by atoms with Crippen molar-refractivity contribution in [3.05, 3.63) is 24.3 Å². The standard InChI is InChI=1S/C24H32O7/c1-13-14-7-8-15-22-10-5-9-21(2,3)17(22)20(29)24(31-12-22,30-11-4-6-16(25)26)23(15,18(13)27)19(14)28/h5,10,14-15,17,19-20,28-29H,1,4,6-9,11-12H2,2-3H3,(H,25,26)/t14-,15-,17+,19+,20-,22+,23-,24+/m0/s1. The van der Waals surface area contributed by atoms with Gasteiger partial charge in [0.25, 0.3) is 0 Å². The van der Waals surface area contributed by atoms with Crippen LogP contribution in [0.2, 0.25) is 0 Å². The van der Waals surface area contributed by atoms with Crippen molar-refractivity contribution >= 4 is 11.8 Å². The van der Waals surface area contributed by atoms with E-state index in [1.807, 2.05) is 0 Å². The van der Waals surface area contributed by atoms with Crippen molar-refractivity contribution < 1.29 is 34.4 Å². The van der Waals surface area contributed by atoms with Gasteiger partial charge in [0.1, 0.15) is 11.5 Å². The Kier molecular flexibility index (Phi) is 4.47. The first-order chi connectivity index (χ1) is 14.6.